The number of benzene rings is 1. The maximum Gasteiger partial charge on any atom is 0.138 e. The summed E-state index contributed by atoms with van der Waals surface area (Å²) < 4.78 is 5.55. The monoisotopic (exact) mass is 329 g/mol. The fraction of sp³-hybridized carbons (Fsp3) is 0.625. The Hall–Kier alpha value is -0.480. The zero-order valence-corrected chi connectivity index (χ0v) is 13.4. The van der Waals surface area contributed by atoms with Crippen LogP contribution in [0.1, 0.15) is 25.7 Å². The molecule has 2 aliphatic rings. The molecule has 4 unspecified atom stereocenters. The summed E-state index contributed by atoms with van der Waals surface area (Å²) >= 11 is 11.9. The topological polar surface area (TPSA) is 41.5 Å². The number of halogens is 2. The van der Waals surface area contributed by atoms with Gasteiger partial charge >= 0.3 is 0 Å². The zero-order valence-electron chi connectivity index (χ0n) is 11.9. The third-order valence-electron chi connectivity index (χ3n) is 4.68. The SMILES string of the molecule is OC(CNC1CC2CCC1C2)COc1ccc(Cl)cc1Cl. The molecule has 2 fully saturated rings. The minimum atomic E-state index is -0.532. The Morgan fingerprint density at radius 1 is 1.29 bits per heavy atom. The second kappa shape index (κ2) is 6.74. The first-order valence-electron chi connectivity index (χ1n) is 7.61. The first kappa shape index (κ1) is 15.4. The summed E-state index contributed by atoms with van der Waals surface area (Å²) in [6.07, 6.45) is 4.83. The second-order valence-electron chi connectivity index (χ2n) is 6.23. The quantitative estimate of drug-likeness (QED) is 0.839. The van der Waals surface area contributed by atoms with Crippen molar-refractivity contribution in [3.63, 3.8) is 0 Å². The van der Waals surface area contributed by atoms with Crippen LogP contribution in [0.15, 0.2) is 18.2 Å². The molecule has 2 aliphatic carbocycles. The van der Waals surface area contributed by atoms with Crippen molar-refractivity contribution in [2.45, 2.75) is 37.8 Å². The van der Waals surface area contributed by atoms with Gasteiger partial charge < -0.3 is 15.2 Å². The van der Waals surface area contributed by atoms with Gasteiger partial charge in [0.05, 0.1) is 5.02 Å². The summed E-state index contributed by atoms with van der Waals surface area (Å²) in [6, 6.07) is 5.67. The van der Waals surface area contributed by atoms with E-state index in [4.69, 9.17) is 27.9 Å². The summed E-state index contributed by atoms with van der Waals surface area (Å²) in [7, 11) is 0. The van der Waals surface area contributed by atoms with E-state index in [-0.39, 0.29) is 6.61 Å². The van der Waals surface area contributed by atoms with Crippen LogP contribution in [-0.4, -0.2) is 30.4 Å². The molecule has 0 radical (unpaired) electrons. The highest BCUT2D eigenvalue weighted by molar-refractivity contribution is 6.35. The van der Waals surface area contributed by atoms with Gasteiger partial charge in [0.15, 0.2) is 0 Å². The van der Waals surface area contributed by atoms with Crippen molar-refractivity contribution >= 4 is 23.2 Å². The van der Waals surface area contributed by atoms with Crippen LogP contribution in [0.3, 0.4) is 0 Å². The molecule has 1 aromatic carbocycles. The number of hydrogen-bond acceptors (Lipinski definition) is 3. The van der Waals surface area contributed by atoms with E-state index in [0.29, 0.717) is 28.4 Å². The van der Waals surface area contributed by atoms with E-state index in [9.17, 15) is 5.11 Å². The van der Waals surface area contributed by atoms with Crippen molar-refractivity contribution in [3.8, 4) is 5.75 Å². The van der Waals surface area contributed by atoms with E-state index in [2.05, 4.69) is 5.32 Å². The molecule has 3 nitrogen and oxygen atoms in total. The molecule has 116 valence electrons. The number of nitrogens with one attached hydrogen (secondary N) is 1. The van der Waals surface area contributed by atoms with Crippen molar-refractivity contribution in [1.29, 1.82) is 0 Å². The molecule has 0 saturated heterocycles. The molecule has 0 aromatic heterocycles. The Bertz CT molecular complexity index is 497. The number of fused-ring (bicyclic) bond motifs is 2. The average molecular weight is 330 g/mol. The predicted molar refractivity (Wildman–Crippen MR) is 85.2 cm³/mol. The van der Waals surface area contributed by atoms with E-state index in [1.165, 1.54) is 25.7 Å². The highest BCUT2D eigenvalue weighted by Crippen LogP contribution is 2.44. The van der Waals surface area contributed by atoms with Gasteiger partial charge in [0.25, 0.3) is 0 Å². The summed E-state index contributed by atoms with van der Waals surface area (Å²) in [6.45, 7) is 0.800. The molecule has 4 atom stereocenters. The van der Waals surface area contributed by atoms with Crippen molar-refractivity contribution in [2.24, 2.45) is 11.8 Å². The van der Waals surface area contributed by atoms with Crippen LogP contribution >= 0.6 is 23.2 Å². The van der Waals surface area contributed by atoms with E-state index < -0.39 is 6.10 Å². The average Bonchev–Trinajstić information content (AvgIpc) is 3.06. The largest absolute Gasteiger partial charge is 0.489 e. The Morgan fingerprint density at radius 2 is 2.14 bits per heavy atom. The second-order valence-corrected chi connectivity index (χ2v) is 7.07. The van der Waals surface area contributed by atoms with Gasteiger partial charge in [-0.25, -0.2) is 0 Å². The van der Waals surface area contributed by atoms with E-state index in [0.717, 1.165) is 11.8 Å². The standard InChI is InChI=1S/C16H21Cl2NO2/c17-12-3-4-16(14(18)7-12)21-9-13(20)8-19-15-6-10-1-2-11(15)5-10/h3-4,7,10-11,13,15,19-20H,1-2,5-6,8-9H2. The smallest absolute Gasteiger partial charge is 0.138 e. The van der Waals surface area contributed by atoms with Gasteiger partial charge in [-0.15, -0.1) is 0 Å². The van der Waals surface area contributed by atoms with E-state index >= 15 is 0 Å². The number of aliphatic hydroxyl groups is 1. The minimum absolute atomic E-state index is 0.231. The molecule has 0 amide bonds. The van der Waals surface area contributed by atoms with Crippen LogP contribution in [-0.2, 0) is 0 Å². The van der Waals surface area contributed by atoms with Gasteiger partial charge in [-0.3, -0.25) is 0 Å². The lowest BCUT2D eigenvalue weighted by Crippen LogP contribution is -2.40. The number of ether oxygens (including phenoxy) is 1. The number of hydrogen-bond donors (Lipinski definition) is 2. The Morgan fingerprint density at radius 3 is 2.81 bits per heavy atom. The molecule has 1 aromatic rings. The maximum atomic E-state index is 10.0. The minimum Gasteiger partial charge on any atom is -0.489 e. The predicted octanol–water partition coefficient (Wildman–Crippen LogP) is 3.51. The van der Waals surface area contributed by atoms with Crippen molar-refractivity contribution in [3.05, 3.63) is 28.2 Å². The molecule has 0 aliphatic heterocycles. The van der Waals surface area contributed by atoms with Gasteiger partial charge in [-0.1, -0.05) is 29.6 Å². The fourth-order valence-corrected chi connectivity index (χ4v) is 4.08. The Kier molecular flexibility index (Phi) is 4.95. The van der Waals surface area contributed by atoms with Crippen LogP contribution in [0.4, 0.5) is 0 Å². The van der Waals surface area contributed by atoms with Crippen LogP contribution < -0.4 is 10.1 Å². The van der Waals surface area contributed by atoms with E-state index in [1.807, 2.05) is 0 Å². The molecule has 21 heavy (non-hydrogen) atoms. The molecular formula is C16H21Cl2NO2. The van der Waals surface area contributed by atoms with Gasteiger partial charge in [0, 0.05) is 17.6 Å². The summed E-state index contributed by atoms with van der Waals surface area (Å²) in [5.41, 5.74) is 0. The van der Waals surface area contributed by atoms with Crippen molar-refractivity contribution in [1.82, 2.24) is 5.32 Å². The summed E-state index contributed by atoms with van der Waals surface area (Å²) in [5.74, 6) is 2.28. The molecule has 0 heterocycles. The molecule has 2 saturated carbocycles. The van der Waals surface area contributed by atoms with Gasteiger partial charge in [-0.05, 0) is 49.3 Å². The van der Waals surface area contributed by atoms with Crippen molar-refractivity contribution in [2.75, 3.05) is 13.2 Å². The Balaban J connectivity index is 1.41. The fourth-order valence-electron chi connectivity index (χ4n) is 3.62. The molecule has 2 N–H and O–H groups in total. The number of aliphatic hydroxyl groups excluding tert-OH is 1. The normalized spacial score (nSPS) is 28.8. The van der Waals surface area contributed by atoms with Crippen LogP contribution in [0.2, 0.25) is 10.0 Å². The third kappa shape index (κ3) is 3.84. The maximum absolute atomic E-state index is 10.0. The van der Waals surface area contributed by atoms with E-state index in [1.54, 1.807) is 18.2 Å². The van der Waals surface area contributed by atoms with Crippen molar-refractivity contribution < 1.29 is 9.84 Å². The first-order valence-corrected chi connectivity index (χ1v) is 8.36. The third-order valence-corrected chi connectivity index (χ3v) is 5.21. The summed E-state index contributed by atoms with van der Waals surface area (Å²) in [4.78, 5) is 0. The van der Waals surface area contributed by atoms with Crippen LogP contribution in [0, 0.1) is 11.8 Å². The molecule has 3 rings (SSSR count). The number of rotatable bonds is 6. The van der Waals surface area contributed by atoms with Gasteiger partial charge in [-0.2, -0.15) is 0 Å². The van der Waals surface area contributed by atoms with Gasteiger partial charge in [0.1, 0.15) is 18.5 Å². The lowest BCUT2D eigenvalue weighted by atomic mass is 9.95. The molecule has 5 heteroatoms. The highest BCUT2D eigenvalue weighted by atomic mass is 35.5. The lowest BCUT2D eigenvalue weighted by molar-refractivity contribution is 0.101. The van der Waals surface area contributed by atoms with Crippen LogP contribution in [0.25, 0.3) is 0 Å². The first-order chi connectivity index (χ1) is 10.1. The summed E-state index contributed by atoms with van der Waals surface area (Å²) in [5, 5.41) is 14.6. The molecule has 0 spiro atoms. The van der Waals surface area contributed by atoms with Crippen LogP contribution in [0.5, 0.6) is 5.75 Å². The highest BCUT2D eigenvalue weighted by Gasteiger charge is 2.39. The molecular weight excluding hydrogens is 309 g/mol. The van der Waals surface area contributed by atoms with Gasteiger partial charge in [0.2, 0.25) is 0 Å². The Labute approximate surface area is 135 Å². The lowest BCUT2D eigenvalue weighted by Gasteiger charge is -2.24. The zero-order chi connectivity index (χ0) is 14.8. The molecule has 2 bridgehead atoms.